The van der Waals surface area contributed by atoms with E-state index in [1.807, 2.05) is 6.92 Å². The quantitative estimate of drug-likeness (QED) is 0.841. The lowest BCUT2D eigenvalue weighted by Crippen LogP contribution is -2.40. The van der Waals surface area contributed by atoms with E-state index < -0.39 is 9.84 Å². The molecular formula is C14H19NO4S. The van der Waals surface area contributed by atoms with E-state index in [1.165, 1.54) is 0 Å². The van der Waals surface area contributed by atoms with Gasteiger partial charge in [-0.2, -0.15) is 0 Å². The van der Waals surface area contributed by atoms with Crippen molar-refractivity contribution in [3.05, 3.63) is 29.8 Å². The van der Waals surface area contributed by atoms with E-state index >= 15 is 0 Å². The third kappa shape index (κ3) is 3.12. The van der Waals surface area contributed by atoms with Crippen LogP contribution in [-0.2, 0) is 9.84 Å². The Bertz CT molecular complexity index is 580. The van der Waals surface area contributed by atoms with Gasteiger partial charge in [-0.1, -0.05) is 0 Å². The molecule has 1 heterocycles. The zero-order valence-corrected chi connectivity index (χ0v) is 12.5. The van der Waals surface area contributed by atoms with Gasteiger partial charge < -0.3 is 9.64 Å². The number of sulfone groups is 1. The lowest BCUT2D eigenvalue weighted by molar-refractivity contribution is 0.0708. The van der Waals surface area contributed by atoms with Crippen LogP contribution in [0.3, 0.4) is 0 Å². The standard InChI is InChI=1S/C14H19NO4S/c1-3-15(12-8-9-20(17,18)10-12)14(16)11-4-6-13(19-2)7-5-11/h4-7,12H,3,8-10H2,1-2H3. The van der Waals surface area contributed by atoms with Gasteiger partial charge in [-0.25, -0.2) is 8.42 Å². The number of amides is 1. The molecule has 1 amide bonds. The Morgan fingerprint density at radius 3 is 2.45 bits per heavy atom. The van der Waals surface area contributed by atoms with Crippen molar-refractivity contribution in [3.63, 3.8) is 0 Å². The number of hydrogen-bond acceptors (Lipinski definition) is 4. The van der Waals surface area contributed by atoms with Crippen molar-refractivity contribution >= 4 is 15.7 Å². The SMILES string of the molecule is CCN(C(=O)c1ccc(OC)cc1)C1CCS(=O)(=O)C1. The molecule has 1 saturated heterocycles. The second-order valence-corrected chi connectivity index (χ2v) is 7.11. The molecule has 0 aliphatic carbocycles. The van der Waals surface area contributed by atoms with E-state index in [0.717, 1.165) is 0 Å². The summed E-state index contributed by atoms with van der Waals surface area (Å²) in [7, 11) is -1.42. The van der Waals surface area contributed by atoms with Crippen molar-refractivity contribution in [2.75, 3.05) is 25.2 Å². The zero-order valence-electron chi connectivity index (χ0n) is 11.7. The number of hydrogen-bond donors (Lipinski definition) is 0. The Hall–Kier alpha value is -1.56. The summed E-state index contributed by atoms with van der Waals surface area (Å²) in [4.78, 5) is 14.1. The average Bonchev–Trinajstić information content (AvgIpc) is 2.79. The van der Waals surface area contributed by atoms with Crippen molar-refractivity contribution in [1.82, 2.24) is 4.90 Å². The topological polar surface area (TPSA) is 63.7 Å². The molecule has 1 aliphatic rings. The molecule has 1 fully saturated rings. The van der Waals surface area contributed by atoms with Crippen LogP contribution in [0.15, 0.2) is 24.3 Å². The normalized spacial score (nSPS) is 20.6. The minimum Gasteiger partial charge on any atom is -0.497 e. The number of methoxy groups -OCH3 is 1. The van der Waals surface area contributed by atoms with Crippen molar-refractivity contribution < 1.29 is 17.9 Å². The Labute approximate surface area is 119 Å². The molecule has 0 aromatic heterocycles. The molecule has 1 aliphatic heterocycles. The monoisotopic (exact) mass is 297 g/mol. The molecule has 1 atom stereocenters. The van der Waals surface area contributed by atoms with Crippen molar-refractivity contribution in [1.29, 1.82) is 0 Å². The first kappa shape index (κ1) is 14.8. The number of nitrogens with zero attached hydrogens (tertiary/aromatic N) is 1. The van der Waals surface area contributed by atoms with Gasteiger partial charge in [0.25, 0.3) is 5.91 Å². The molecule has 2 rings (SSSR count). The van der Waals surface area contributed by atoms with Crippen LogP contribution >= 0.6 is 0 Å². The fourth-order valence-electron chi connectivity index (χ4n) is 2.49. The van der Waals surface area contributed by atoms with E-state index in [2.05, 4.69) is 0 Å². The predicted octanol–water partition coefficient (Wildman–Crippen LogP) is 1.34. The Balaban J connectivity index is 2.16. The molecule has 1 aromatic rings. The van der Waals surface area contributed by atoms with E-state index in [0.29, 0.717) is 24.3 Å². The summed E-state index contributed by atoms with van der Waals surface area (Å²) in [5, 5.41) is 0. The molecule has 6 heteroatoms. The van der Waals surface area contributed by atoms with Crippen LogP contribution in [0.25, 0.3) is 0 Å². The van der Waals surface area contributed by atoms with Crippen LogP contribution in [0, 0.1) is 0 Å². The Kier molecular flexibility index (Phi) is 4.32. The van der Waals surface area contributed by atoms with Gasteiger partial charge in [0.05, 0.1) is 18.6 Å². The molecule has 5 nitrogen and oxygen atoms in total. The van der Waals surface area contributed by atoms with Gasteiger partial charge >= 0.3 is 0 Å². The maximum atomic E-state index is 12.5. The van der Waals surface area contributed by atoms with Crippen LogP contribution in [0.4, 0.5) is 0 Å². The third-order valence-electron chi connectivity index (χ3n) is 3.59. The highest BCUT2D eigenvalue weighted by Crippen LogP contribution is 2.20. The summed E-state index contributed by atoms with van der Waals surface area (Å²) in [5.74, 6) is 0.803. The molecule has 1 aromatic carbocycles. The number of benzene rings is 1. The smallest absolute Gasteiger partial charge is 0.254 e. The highest BCUT2D eigenvalue weighted by Gasteiger charge is 2.34. The van der Waals surface area contributed by atoms with E-state index in [9.17, 15) is 13.2 Å². The summed E-state index contributed by atoms with van der Waals surface area (Å²) >= 11 is 0. The van der Waals surface area contributed by atoms with Crippen molar-refractivity contribution in [3.8, 4) is 5.75 Å². The molecule has 0 radical (unpaired) electrons. The first-order valence-corrected chi connectivity index (χ1v) is 8.44. The average molecular weight is 297 g/mol. The fourth-order valence-corrected chi connectivity index (χ4v) is 4.22. The zero-order chi connectivity index (χ0) is 14.8. The minimum atomic E-state index is -2.99. The second-order valence-electron chi connectivity index (χ2n) is 4.88. The van der Waals surface area contributed by atoms with Crippen LogP contribution in [0.5, 0.6) is 5.75 Å². The molecule has 0 N–H and O–H groups in total. The third-order valence-corrected chi connectivity index (χ3v) is 5.34. The fraction of sp³-hybridized carbons (Fsp3) is 0.500. The van der Waals surface area contributed by atoms with Crippen LogP contribution in [-0.4, -0.2) is 50.4 Å². The molecule has 0 bridgehead atoms. The molecule has 1 unspecified atom stereocenters. The Morgan fingerprint density at radius 1 is 1.35 bits per heavy atom. The number of carbonyl (C=O) groups excluding carboxylic acids is 1. The highest BCUT2D eigenvalue weighted by molar-refractivity contribution is 7.91. The van der Waals surface area contributed by atoms with Gasteiger partial charge in [0.1, 0.15) is 5.75 Å². The van der Waals surface area contributed by atoms with Gasteiger partial charge in [0, 0.05) is 18.2 Å². The molecular weight excluding hydrogens is 278 g/mol. The highest BCUT2D eigenvalue weighted by atomic mass is 32.2. The first-order chi connectivity index (χ1) is 9.46. The summed E-state index contributed by atoms with van der Waals surface area (Å²) in [6, 6.07) is 6.65. The van der Waals surface area contributed by atoms with E-state index in [-0.39, 0.29) is 23.5 Å². The number of ether oxygens (including phenoxy) is 1. The van der Waals surface area contributed by atoms with Gasteiger partial charge in [-0.05, 0) is 37.6 Å². The summed E-state index contributed by atoms with van der Waals surface area (Å²) in [6.07, 6.45) is 0.526. The first-order valence-electron chi connectivity index (χ1n) is 6.62. The van der Waals surface area contributed by atoms with Gasteiger partial charge in [0.15, 0.2) is 9.84 Å². The van der Waals surface area contributed by atoms with Gasteiger partial charge in [-0.3, -0.25) is 4.79 Å². The van der Waals surface area contributed by atoms with Gasteiger partial charge in [-0.15, -0.1) is 0 Å². The lowest BCUT2D eigenvalue weighted by Gasteiger charge is -2.27. The van der Waals surface area contributed by atoms with Crippen LogP contribution < -0.4 is 4.74 Å². The second kappa shape index (κ2) is 5.83. The minimum absolute atomic E-state index is 0.0722. The predicted molar refractivity (Wildman–Crippen MR) is 76.8 cm³/mol. The van der Waals surface area contributed by atoms with Gasteiger partial charge in [0.2, 0.25) is 0 Å². The summed E-state index contributed by atoms with van der Waals surface area (Å²) in [6.45, 7) is 2.37. The number of rotatable bonds is 4. The molecule has 110 valence electrons. The van der Waals surface area contributed by atoms with Crippen molar-refractivity contribution in [2.45, 2.75) is 19.4 Å². The van der Waals surface area contributed by atoms with Crippen molar-refractivity contribution in [2.24, 2.45) is 0 Å². The maximum Gasteiger partial charge on any atom is 0.254 e. The largest absolute Gasteiger partial charge is 0.497 e. The molecule has 20 heavy (non-hydrogen) atoms. The van der Waals surface area contributed by atoms with E-state index in [4.69, 9.17) is 4.74 Å². The van der Waals surface area contributed by atoms with Crippen LogP contribution in [0.1, 0.15) is 23.7 Å². The summed E-state index contributed by atoms with van der Waals surface area (Å²) < 4.78 is 28.2. The van der Waals surface area contributed by atoms with Crippen LogP contribution in [0.2, 0.25) is 0 Å². The lowest BCUT2D eigenvalue weighted by atomic mass is 10.1. The number of carbonyl (C=O) groups is 1. The molecule has 0 spiro atoms. The Morgan fingerprint density at radius 2 is 2.00 bits per heavy atom. The summed E-state index contributed by atoms with van der Waals surface area (Å²) in [5.41, 5.74) is 0.553. The molecule has 0 saturated carbocycles. The maximum absolute atomic E-state index is 12.5. The van der Waals surface area contributed by atoms with E-state index in [1.54, 1.807) is 36.3 Å².